The summed E-state index contributed by atoms with van der Waals surface area (Å²) < 4.78 is 3.27. The summed E-state index contributed by atoms with van der Waals surface area (Å²) in [4.78, 5) is 38.4. The van der Waals surface area contributed by atoms with Gasteiger partial charge < -0.3 is 10.6 Å². The summed E-state index contributed by atoms with van der Waals surface area (Å²) in [5, 5.41) is 21.6. The Morgan fingerprint density at radius 2 is 0.925 bits per heavy atom. The molecule has 0 aliphatic carbocycles. The van der Waals surface area contributed by atoms with Gasteiger partial charge in [0.25, 0.3) is 11.8 Å². The van der Waals surface area contributed by atoms with Crippen LogP contribution in [-0.4, -0.2) is 47.6 Å². The van der Waals surface area contributed by atoms with Gasteiger partial charge in [-0.05, 0) is 84.9 Å². The van der Waals surface area contributed by atoms with Crippen molar-refractivity contribution in [2.45, 2.75) is 0 Å². The van der Waals surface area contributed by atoms with Crippen molar-refractivity contribution in [3.63, 3.8) is 0 Å². The van der Waals surface area contributed by atoms with Crippen molar-refractivity contribution in [1.82, 2.24) is 30.0 Å². The number of anilines is 2. The van der Waals surface area contributed by atoms with Crippen molar-refractivity contribution >= 4 is 51.0 Å². The average Bonchev–Trinajstić information content (AvgIpc) is 3.54. The smallest absolute Gasteiger partial charge is 0.255 e. The van der Waals surface area contributed by atoms with E-state index in [-0.39, 0.29) is 17.6 Å². The van der Waals surface area contributed by atoms with E-state index in [1.54, 1.807) is 108 Å². The minimum Gasteiger partial charge on any atom is -0.322 e. The van der Waals surface area contributed by atoms with E-state index in [2.05, 4.69) is 31.3 Å². The third-order valence-electron chi connectivity index (χ3n) is 6.56. The first-order chi connectivity index (χ1) is 19.4. The SMILES string of the molecule is Cn1nnc2cc(C(=O)Nc3ccc(C(=O)c4ccc(NC(=O)c5ccc6c(c5)nnn6C)cc4)cc3)ccc21. The molecule has 2 amide bonds. The summed E-state index contributed by atoms with van der Waals surface area (Å²) >= 11 is 0. The van der Waals surface area contributed by atoms with Crippen molar-refractivity contribution in [2.24, 2.45) is 14.1 Å². The second kappa shape index (κ2) is 9.87. The van der Waals surface area contributed by atoms with E-state index in [1.165, 1.54) is 0 Å². The number of fused-ring (bicyclic) bond motifs is 2. The van der Waals surface area contributed by atoms with Crippen LogP contribution in [0.3, 0.4) is 0 Å². The molecule has 0 unspecified atom stereocenters. The number of hydrogen-bond donors (Lipinski definition) is 2. The number of rotatable bonds is 6. The Bertz CT molecular complexity index is 1780. The van der Waals surface area contributed by atoms with Crippen LogP contribution in [-0.2, 0) is 14.1 Å². The molecule has 196 valence electrons. The number of nitrogens with zero attached hydrogens (tertiary/aromatic N) is 6. The van der Waals surface area contributed by atoms with Gasteiger partial charge in [-0.1, -0.05) is 10.4 Å². The van der Waals surface area contributed by atoms with Crippen LogP contribution < -0.4 is 10.6 Å². The van der Waals surface area contributed by atoms with Crippen LogP contribution in [0.2, 0.25) is 0 Å². The maximum atomic E-state index is 13.0. The van der Waals surface area contributed by atoms with Gasteiger partial charge in [0.15, 0.2) is 5.78 Å². The molecule has 11 nitrogen and oxygen atoms in total. The second-order valence-electron chi connectivity index (χ2n) is 9.23. The zero-order valence-corrected chi connectivity index (χ0v) is 21.5. The fourth-order valence-corrected chi connectivity index (χ4v) is 4.35. The van der Waals surface area contributed by atoms with Crippen LogP contribution in [0.4, 0.5) is 11.4 Å². The lowest BCUT2D eigenvalue weighted by Crippen LogP contribution is -2.12. The molecule has 6 aromatic rings. The Hall–Kier alpha value is -5.71. The largest absolute Gasteiger partial charge is 0.322 e. The molecule has 0 bridgehead atoms. The molecular formula is C29H22N8O3. The second-order valence-corrected chi connectivity index (χ2v) is 9.23. The minimum atomic E-state index is -0.291. The number of ketones is 1. The maximum Gasteiger partial charge on any atom is 0.255 e. The lowest BCUT2D eigenvalue weighted by molar-refractivity contribution is 0.101. The highest BCUT2D eigenvalue weighted by Crippen LogP contribution is 2.19. The van der Waals surface area contributed by atoms with Crippen LogP contribution in [0.1, 0.15) is 36.6 Å². The predicted molar refractivity (Wildman–Crippen MR) is 149 cm³/mol. The zero-order valence-electron chi connectivity index (χ0n) is 21.5. The van der Waals surface area contributed by atoms with Crippen LogP contribution in [0.25, 0.3) is 22.1 Å². The summed E-state index contributed by atoms with van der Waals surface area (Å²) in [7, 11) is 3.57. The molecule has 2 aromatic heterocycles. The first kappa shape index (κ1) is 24.6. The first-order valence-electron chi connectivity index (χ1n) is 12.3. The highest BCUT2D eigenvalue weighted by Gasteiger charge is 2.13. The molecule has 0 aliphatic rings. The van der Waals surface area contributed by atoms with E-state index in [9.17, 15) is 14.4 Å². The summed E-state index contributed by atoms with van der Waals surface area (Å²) in [5.41, 5.74) is 5.86. The molecule has 0 spiro atoms. The molecule has 0 fully saturated rings. The molecule has 0 radical (unpaired) electrons. The Kier molecular flexibility index (Phi) is 6.08. The third kappa shape index (κ3) is 4.67. The number of carbonyl (C=O) groups is 3. The fourth-order valence-electron chi connectivity index (χ4n) is 4.35. The van der Waals surface area contributed by atoms with Crippen LogP contribution in [0.5, 0.6) is 0 Å². The Labute approximate surface area is 227 Å². The number of aromatic nitrogens is 6. The van der Waals surface area contributed by atoms with Crippen molar-refractivity contribution < 1.29 is 14.4 Å². The molecule has 40 heavy (non-hydrogen) atoms. The van der Waals surface area contributed by atoms with Crippen molar-refractivity contribution in [1.29, 1.82) is 0 Å². The highest BCUT2D eigenvalue weighted by atomic mass is 16.2. The molecule has 2 N–H and O–H groups in total. The Morgan fingerprint density at radius 1 is 0.550 bits per heavy atom. The third-order valence-corrected chi connectivity index (χ3v) is 6.56. The highest BCUT2D eigenvalue weighted by molar-refractivity contribution is 6.10. The quantitative estimate of drug-likeness (QED) is 0.311. The lowest BCUT2D eigenvalue weighted by atomic mass is 10.0. The molecule has 11 heteroatoms. The van der Waals surface area contributed by atoms with Gasteiger partial charge in [-0.2, -0.15) is 0 Å². The number of aryl methyl sites for hydroxylation is 2. The summed E-state index contributed by atoms with van der Waals surface area (Å²) in [6.45, 7) is 0. The Balaban J connectivity index is 1.09. The molecule has 0 saturated carbocycles. The van der Waals surface area contributed by atoms with E-state index >= 15 is 0 Å². The topological polar surface area (TPSA) is 137 Å². The normalized spacial score (nSPS) is 11.1. The molecule has 6 rings (SSSR count). The lowest BCUT2D eigenvalue weighted by Gasteiger charge is -2.08. The summed E-state index contributed by atoms with van der Waals surface area (Å²) in [6, 6.07) is 23.7. The monoisotopic (exact) mass is 530 g/mol. The standard InChI is InChI=1S/C29H22N8O3/c1-36-25-13-7-19(15-23(25)32-34-36)28(39)30-21-9-3-17(4-10-21)27(38)18-5-11-22(12-6-18)31-29(40)20-8-14-26-24(16-20)33-35-37(26)2/h3-16H,1-2H3,(H,30,39)(H,31,40). The van der Waals surface area contributed by atoms with Gasteiger partial charge >= 0.3 is 0 Å². The van der Waals surface area contributed by atoms with E-state index in [4.69, 9.17) is 0 Å². The minimum absolute atomic E-state index is 0.183. The van der Waals surface area contributed by atoms with E-state index in [0.29, 0.717) is 44.7 Å². The van der Waals surface area contributed by atoms with Gasteiger partial charge in [-0.15, -0.1) is 10.2 Å². The molecule has 0 atom stereocenters. The summed E-state index contributed by atoms with van der Waals surface area (Å²) in [5.74, 6) is -0.765. The van der Waals surface area contributed by atoms with Crippen LogP contribution in [0.15, 0.2) is 84.9 Å². The van der Waals surface area contributed by atoms with E-state index < -0.39 is 0 Å². The van der Waals surface area contributed by atoms with Crippen molar-refractivity contribution in [3.05, 3.63) is 107 Å². The van der Waals surface area contributed by atoms with Gasteiger partial charge in [0.05, 0.1) is 11.0 Å². The van der Waals surface area contributed by atoms with Crippen molar-refractivity contribution in [3.8, 4) is 0 Å². The van der Waals surface area contributed by atoms with E-state index in [1.807, 2.05) is 0 Å². The van der Waals surface area contributed by atoms with Gasteiger partial charge in [-0.3, -0.25) is 14.4 Å². The number of nitrogens with one attached hydrogen (secondary N) is 2. The molecular weight excluding hydrogens is 508 g/mol. The molecule has 0 saturated heterocycles. The number of hydrogen-bond acceptors (Lipinski definition) is 7. The van der Waals surface area contributed by atoms with E-state index in [0.717, 1.165) is 11.0 Å². The van der Waals surface area contributed by atoms with Crippen LogP contribution >= 0.6 is 0 Å². The average molecular weight is 531 g/mol. The van der Waals surface area contributed by atoms with Gasteiger partial charge in [0.2, 0.25) is 0 Å². The van der Waals surface area contributed by atoms with Gasteiger partial charge in [0.1, 0.15) is 11.0 Å². The van der Waals surface area contributed by atoms with Crippen molar-refractivity contribution in [2.75, 3.05) is 10.6 Å². The Morgan fingerprint density at radius 3 is 1.32 bits per heavy atom. The number of carbonyl (C=O) groups excluding carboxylic acids is 3. The first-order valence-corrected chi connectivity index (χ1v) is 12.3. The fraction of sp³-hybridized carbons (Fsp3) is 0.0690. The summed E-state index contributed by atoms with van der Waals surface area (Å²) in [6.07, 6.45) is 0. The molecule has 2 heterocycles. The number of benzene rings is 4. The molecule has 0 aliphatic heterocycles. The number of amides is 2. The zero-order chi connectivity index (χ0) is 27.8. The molecule has 4 aromatic carbocycles. The van der Waals surface area contributed by atoms with Crippen LogP contribution in [0, 0.1) is 0 Å². The predicted octanol–water partition coefficient (Wildman–Crippen LogP) is 3.99. The maximum absolute atomic E-state index is 13.0. The van der Waals surface area contributed by atoms with Gasteiger partial charge in [-0.25, -0.2) is 9.36 Å². The van der Waals surface area contributed by atoms with Gasteiger partial charge in [0, 0.05) is 47.7 Å².